The number of rotatable bonds is 5. The maximum atomic E-state index is 14.4. The van der Waals surface area contributed by atoms with E-state index in [1.165, 1.54) is 25.3 Å². The van der Waals surface area contributed by atoms with Gasteiger partial charge in [0.2, 0.25) is 5.89 Å². The first-order valence-corrected chi connectivity index (χ1v) is 10.7. The number of nitrogens with one attached hydrogen (secondary N) is 1. The van der Waals surface area contributed by atoms with E-state index >= 15 is 0 Å². The standard InChI is InChI=1S/C24H24F2N4O2/c1-14-21(29-24(32-14)17-12-16(31-2)7-8-18(17)26)13-30-10-4-3-5-22(30)23-27-19-9-6-15(25)11-20(19)28-23/h6-9,11-12,22H,3-5,10,13H2,1-2H3,(H,27,28)/t22-/m1/s1. The van der Waals surface area contributed by atoms with E-state index in [0.29, 0.717) is 23.6 Å². The van der Waals surface area contributed by atoms with E-state index in [2.05, 4.69) is 14.9 Å². The molecule has 1 N–H and O–H groups in total. The third-order valence-corrected chi connectivity index (χ3v) is 6.04. The number of aryl methyl sites for hydroxylation is 1. The molecule has 32 heavy (non-hydrogen) atoms. The summed E-state index contributed by atoms with van der Waals surface area (Å²) in [5.74, 6) is 1.55. The van der Waals surface area contributed by atoms with Gasteiger partial charge in [0.1, 0.15) is 29.0 Å². The van der Waals surface area contributed by atoms with E-state index in [-0.39, 0.29) is 23.3 Å². The predicted octanol–water partition coefficient (Wildman–Crippen LogP) is 5.54. The Balaban J connectivity index is 1.43. The lowest BCUT2D eigenvalue weighted by atomic mass is 10.0. The van der Waals surface area contributed by atoms with Crippen LogP contribution in [0.3, 0.4) is 0 Å². The molecule has 0 aliphatic carbocycles. The van der Waals surface area contributed by atoms with Crippen LogP contribution in [0.2, 0.25) is 0 Å². The number of halogens is 2. The fraction of sp³-hybridized carbons (Fsp3) is 0.333. The molecule has 1 fully saturated rings. The third kappa shape index (κ3) is 3.86. The molecule has 1 saturated heterocycles. The summed E-state index contributed by atoms with van der Waals surface area (Å²) >= 11 is 0. The first-order valence-electron chi connectivity index (χ1n) is 10.7. The number of methoxy groups -OCH3 is 1. The van der Waals surface area contributed by atoms with Gasteiger partial charge in [-0.2, -0.15) is 0 Å². The lowest BCUT2D eigenvalue weighted by Crippen LogP contribution is -2.33. The number of benzene rings is 2. The number of fused-ring (bicyclic) bond motifs is 1. The molecule has 8 heteroatoms. The van der Waals surface area contributed by atoms with Crippen LogP contribution in [0, 0.1) is 18.6 Å². The van der Waals surface area contributed by atoms with E-state index < -0.39 is 5.82 Å². The molecule has 0 spiro atoms. The predicted molar refractivity (Wildman–Crippen MR) is 116 cm³/mol. The molecule has 2 aromatic heterocycles. The minimum absolute atomic E-state index is 0.0623. The summed E-state index contributed by atoms with van der Waals surface area (Å²) in [6.45, 7) is 3.27. The van der Waals surface area contributed by atoms with E-state index in [0.717, 1.165) is 42.8 Å². The quantitative estimate of drug-likeness (QED) is 0.443. The number of piperidine rings is 1. The molecule has 5 rings (SSSR count). The number of nitrogens with zero attached hydrogens (tertiary/aromatic N) is 3. The molecule has 1 atom stereocenters. The summed E-state index contributed by atoms with van der Waals surface area (Å²) in [7, 11) is 1.53. The number of H-pyrrole nitrogens is 1. The van der Waals surface area contributed by atoms with Crippen LogP contribution in [0.1, 0.15) is 42.6 Å². The average Bonchev–Trinajstić information content (AvgIpc) is 3.37. The number of likely N-dealkylation sites (tertiary alicyclic amines) is 1. The maximum absolute atomic E-state index is 14.4. The highest BCUT2D eigenvalue weighted by molar-refractivity contribution is 5.75. The van der Waals surface area contributed by atoms with Gasteiger partial charge in [-0.15, -0.1) is 0 Å². The highest BCUT2D eigenvalue weighted by Gasteiger charge is 2.28. The van der Waals surface area contributed by atoms with Crippen LogP contribution < -0.4 is 4.74 Å². The summed E-state index contributed by atoms with van der Waals surface area (Å²) in [4.78, 5) is 14.9. The van der Waals surface area contributed by atoms with Gasteiger partial charge >= 0.3 is 0 Å². The zero-order valence-corrected chi connectivity index (χ0v) is 18.0. The molecule has 166 valence electrons. The number of oxazole rings is 1. The molecule has 6 nitrogen and oxygen atoms in total. The molecule has 0 bridgehead atoms. The van der Waals surface area contributed by atoms with Crippen LogP contribution in [0.5, 0.6) is 5.75 Å². The molecular weight excluding hydrogens is 414 g/mol. The van der Waals surface area contributed by atoms with Crippen LogP contribution in [-0.2, 0) is 6.54 Å². The molecule has 0 radical (unpaired) electrons. The SMILES string of the molecule is COc1ccc(F)c(-c2nc(CN3CCCC[C@@H]3c3nc4ccc(F)cc4[nH]3)c(C)o2)c1. The zero-order chi connectivity index (χ0) is 22.2. The van der Waals surface area contributed by atoms with Crippen molar-refractivity contribution < 1.29 is 17.9 Å². The van der Waals surface area contributed by atoms with E-state index in [1.807, 2.05) is 6.92 Å². The maximum Gasteiger partial charge on any atom is 0.229 e. The zero-order valence-electron chi connectivity index (χ0n) is 18.0. The molecule has 2 aromatic carbocycles. The van der Waals surface area contributed by atoms with Crippen molar-refractivity contribution >= 4 is 11.0 Å². The first-order chi connectivity index (χ1) is 15.5. The Hall–Kier alpha value is -3.26. The van der Waals surface area contributed by atoms with Crippen LogP contribution in [0.25, 0.3) is 22.5 Å². The van der Waals surface area contributed by atoms with Gasteiger partial charge in [-0.3, -0.25) is 4.90 Å². The number of hydrogen-bond acceptors (Lipinski definition) is 5. The van der Waals surface area contributed by atoms with Crippen LogP contribution in [0.4, 0.5) is 8.78 Å². The van der Waals surface area contributed by atoms with E-state index in [1.54, 1.807) is 18.2 Å². The second kappa shape index (κ2) is 8.35. The summed E-state index contributed by atoms with van der Waals surface area (Å²) in [5, 5.41) is 0. The Labute approximate surface area is 184 Å². The molecule has 0 amide bonds. The number of ether oxygens (including phenoxy) is 1. The summed E-state index contributed by atoms with van der Waals surface area (Å²) in [6.07, 6.45) is 3.10. The van der Waals surface area contributed by atoms with Crippen molar-refractivity contribution in [2.45, 2.75) is 38.8 Å². The fourth-order valence-electron chi connectivity index (χ4n) is 4.33. The highest BCUT2D eigenvalue weighted by atomic mass is 19.1. The normalized spacial score (nSPS) is 17.2. The minimum Gasteiger partial charge on any atom is -0.497 e. The highest BCUT2D eigenvalue weighted by Crippen LogP contribution is 2.34. The van der Waals surface area contributed by atoms with Gasteiger partial charge in [0.25, 0.3) is 0 Å². The van der Waals surface area contributed by atoms with Crippen molar-refractivity contribution in [1.29, 1.82) is 0 Å². The number of aromatic nitrogens is 3. The van der Waals surface area contributed by atoms with Gasteiger partial charge < -0.3 is 14.1 Å². The molecule has 0 unspecified atom stereocenters. The van der Waals surface area contributed by atoms with E-state index in [4.69, 9.17) is 14.1 Å². The van der Waals surface area contributed by atoms with Gasteiger partial charge in [0, 0.05) is 6.54 Å². The molecular formula is C24H24F2N4O2. The Bertz CT molecular complexity index is 1270. The van der Waals surface area contributed by atoms with Crippen LogP contribution in [0.15, 0.2) is 40.8 Å². The Kier molecular flexibility index (Phi) is 5.38. The topological polar surface area (TPSA) is 67.2 Å². The summed E-state index contributed by atoms with van der Waals surface area (Å²) in [5.41, 5.74) is 2.48. The summed E-state index contributed by atoms with van der Waals surface area (Å²) in [6, 6.07) is 9.13. The number of hydrogen-bond donors (Lipinski definition) is 1. The second-order valence-corrected chi connectivity index (χ2v) is 8.13. The van der Waals surface area contributed by atoms with Crippen LogP contribution >= 0.6 is 0 Å². The van der Waals surface area contributed by atoms with Crippen molar-refractivity contribution in [3.63, 3.8) is 0 Å². The number of imidazole rings is 1. The first kappa shape index (κ1) is 20.6. The van der Waals surface area contributed by atoms with Gasteiger partial charge in [-0.1, -0.05) is 6.42 Å². The van der Waals surface area contributed by atoms with Gasteiger partial charge in [-0.05, 0) is 62.7 Å². The summed E-state index contributed by atoms with van der Waals surface area (Å²) < 4.78 is 39.0. The molecule has 1 aliphatic heterocycles. The Morgan fingerprint density at radius 2 is 2.03 bits per heavy atom. The van der Waals surface area contributed by atoms with E-state index in [9.17, 15) is 8.78 Å². The minimum atomic E-state index is -0.413. The smallest absolute Gasteiger partial charge is 0.229 e. The van der Waals surface area contributed by atoms with Gasteiger partial charge in [-0.25, -0.2) is 18.7 Å². The van der Waals surface area contributed by atoms with Crippen molar-refractivity contribution in [2.24, 2.45) is 0 Å². The molecule has 1 aliphatic rings. The van der Waals surface area contributed by atoms with Gasteiger partial charge in [0.15, 0.2) is 0 Å². The lowest BCUT2D eigenvalue weighted by Gasteiger charge is -2.34. The third-order valence-electron chi connectivity index (χ3n) is 6.04. The lowest BCUT2D eigenvalue weighted by molar-refractivity contribution is 0.132. The van der Waals surface area contributed by atoms with Crippen molar-refractivity contribution in [2.75, 3.05) is 13.7 Å². The Morgan fingerprint density at radius 1 is 1.16 bits per heavy atom. The van der Waals surface area contributed by atoms with Crippen molar-refractivity contribution in [1.82, 2.24) is 19.9 Å². The molecule has 0 saturated carbocycles. The van der Waals surface area contributed by atoms with Gasteiger partial charge in [0.05, 0.1) is 35.4 Å². The fourth-order valence-corrected chi connectivity index (χ4v) is 4.33. The van der Waals surface area contributed by atoms with Crippen molar-refractivity contribution in [3.8, 4) is 17.2 Å². The average molecular weight is 438 g/mol. The van der Waals surface area contributed by atoms with Crippen molar-refractivity contribution in [3.05, 3.63) is 65.3 Å². The Morgan fingerprint density at radius 3 is 2.88 bits per heavy atom. The van der Waals surface area contributed by atoms with Crippen LogP contribution in [-0.4, -0.2) is 33.5 Å². The molecule has 3 heterocycles. The molecule has 4 aromatic rings. The monoisotopic (exact) mass is 438 g/mol. The second-order valence-electron chi connectivity index (χ2n) is 8.13. The number of aromatic amines is 1. The largest absolute Gasteiger partial charge is 0.497 e.